The Balaban J connectivity index is 1.96. The Hall–Kier alpha value is -3.41. The maximum atomic E-state index is 13.2. The van der Waals surface area contributed by atoms with Crippen LogP contribution in [0.15, 0.2) is 42.5 Å². The third kappa shape index (κ3) is 9.16. The molecule has 208 valence electrons. The number of cyclic esters (lactones) is 1. The minimum atomic E-state index is -1.53. The van der Waals surface area contributed by atoms with Crippen LogP contribution < -0.4 is 0 Å². The highest BCUT2D eigenvalue weighted by Crippen LogP contribution is 2.33. The Kier molecular flexibility index (Phi) is 12.8. The summed E-state index contributed by atoms with van der Waals surface area (Å²) in [5.41, 5.74) is 0.714. The molecule has 1 aromatic rings. The van der Waals surface area contributed by atoms with E-state index in [1.807, 2.05) is 6.07 Å². The van der Waals surface area contributed by atoms with Crippen LogP contribution in [0.1, 0.15) is 45.3 Å². The summed E-state index contributed by atoms with van der Waals surface area (Å²) in [5.74, 6) is -3.84. The molecule has 0 aliphatic carbocycles. The van der Waals surface area contributed by atoms with E-state index in [1.54, 1.807) is 31.2 Å². The van der Waals surface area contributed by atoms with Crippen LogP contribution in [0.4, 0.5) is 4.79 Å². The number of hydrogen-bond acceptors (Lipinski definition) is 10. The number of aliphatic hydroxyl groups excluding tert-OH is 1. The van der Waals surface area contributed by atoms with Crippen molar-refractivity contribution < 1.29 is 48.0 Å². The molecular weight excluding hydrogens is 498 g/mol. The zero-order valence-corrected chi connectivity index (χ0v) is 21.9. The molecule has 1 heterocycles. The number of imide groups is 1. The lowest BCUT2D eigenvalue weighted by Gasteiger charge is -2.26. The van der Waals surface area contributed by atoms with Gasteiger partial charge in [-0.1, -0.05) is 30.3 Å². The van der Waals surface area contributed by atoms with Gasteiger partial charge in [0, 0.05) is 20.0 Å². The number of rotatable bonds is 16. The zero-order valence-electron chi connectivity index (χ0n) is 21.9. The SMILES string of the molecule is CC(=O)OC(C(=O)C=CC(=O)CCCOCCOCCO)C(C)C(=O)N1C(=O)OC(c2ccccc2)C1C. The standard InChI is InChI=1S/C27H35NO10/c1-18(26(33)28-19(2)25(38-27(28)34)21-8-5-4-6-9-21)24(37-20(3)30)23(32)12-11-22(31)10-7-14-35-16-17-36-15-13-29/h4-6,8-9,11-12,18-19,24-25,29H,7,10,13-17H2,1-3H3. The highest BCUT2D eigenvalue weighted by Gasteiger charge is 2.47. The molecule has 0 radical (unpaired) electrons. The Labute approximate surface area is 221 Å². The van der Waals surface area contributed by atoms with Gasteiger partial charge < -0.3 is 24.1 Å². The van der Waals surface area contributed by atoms with Crippen LogP contribution in [-0.2, 0) is 38.1 Å². The molecule has 11 heteroatoms. The number of aliphatic hydroxyl groups is 1. The second-order valence-corrected chi connectivity index (χ2v) is 8.74. The van der Waals surface area contributed by atoms with Gasteiger partial charge in [-0.2, -0.15) is 0 Å². The van der Waals surface area contributed by atoms with Crippen LogP contribution in [0.2, 0.25) is 0 Å². The molecule has 0 aromatic heterocycles. The van der Waals surface area contributed by atoms with Gasteiger partial charge in [0.1, 0.15) is 6.10 Å². The first kappa shape index (κ1) is 30.8. The fourth-order valence-electron chi connectivity index (χ4n) is 3.87. The number of ether oxygens (including phenoxy) is 4. The highest BCUT2D eigenvalue weighted by atomic mass is 16.6. The first-order chi connectivity index (χ1) is 18.2. The van der Waals surface area contributed by atoms with Crippen molar-refractivity contribution in [3.8, 4) is 0 Å². The van der Waals surface area contributed by atoms with Crippen molar-refractivity contribution in [2.24, 2.45) is 5.92 Å². The van der Waals surface area contributed by atoms with Gasteiger partial charge in [-0.15, -0.1) is 0 Å². The summed E-state index contributed by atoms with van der Waals surface area (Å²) < 4.78 is 20.9. The van der Waals surface area contributed by atoms with Crippen molar-refractivity contribution in [2.75, 3.05) is 33.0 Å². The van der Waals surface area contributed by atoms with Gasteiger partial charge in [-0.05, 0) is 38.0 Å². The van der Waals surface area contributed by atoms with E-state index >= 15 is 0 Å². The van der Waals surface area contributed by atoms with Gasteiger partial charge in [0.25, 0.3) is 0 Å². The molecule has 1 aliphatic rings. The summed E-state index contributed by atoms with van der Waals surface area (Å²) in [6.07, 6.45) is -0.492. The van der Waals surface area contributed by atoms with Gasteiger partial charge >= 0.3 is 12.1 Å². The quantitative estimate of drug-likeness (QED) is 0.191. The van der Waals surface area contributed by atoms with Crippen molar-refractivity contribution in [1.29, 1.82) is 0 Å². The van der Waals surface area contributed by atoms with Crippen LogP contribution in [0, 0.1) is 5.92 Å². The number of ketones is 2. The van der Waals surface area contributed by atoms with Gasteiger partial charge in [0.05, 0.1) is 38.4 Å². The molecule has 11 nitrogen and oxygen atoms in total. The molecule has 0 bridgehead atoms. The number of carbonyl (C=O) groups excluding carboxylic acids is 5. The largest absolute Gasteiger partial charge is 0.453 e. The lowest BCUT2D eigenvalue weighted by atomic mass is 9.96. The summed E-state index contributed by atoms with van der Waals surface area (Å²) >= 11 is 0. The first-order valence-electron chi connectivity index (χ1n) is 12.4. The maximum Gasteiger partial charge on any atom is 0.417 e. The topological polar surface area (TPSA) is 146 Å². The Morgan fingerprint density at radius 1 is 1.05 bits per heavy atom. The highest BCUT2D eigenvalue weighted by molar-refractivity contribution is 6.04. The molecule has 38 heavy (non-hydrogen) atoms. The monoisotopic (exact) mass is 533 g/mol. The van der Waals surface area contributed by atoms with Crippen molar-refractivity contribution in [1.82, 2.24) is 4.90 Å². The summed E-state index contributed by atoms with van der Waals surface area (Å²) in [6.45, 7) is 5.26. The van der Waals surface area contributed by atoms with E-state index in [-0.39, 0.29) is 25.4 Å². The van der Waals surface area contributed by atoms with E-state index in [4.69, 9.17) is 24.1 Å². The molecule has 2 amide bonds. The number of amides is 2. The molecular formula is C27H35NO10. The molecule has 1 N–H and O–H groups in total. The van der Waals surface area contributed by atoms with Gasteiger partial charge in [-0.3, -0.25) is 19.2 Å². The number of esters is 1. The number of allylic oxidation sites excluding steroid dienone is 1. The average Bonchev–Trinajstić information content (AvgIpc) is 3.20. The van der Waals surface area contributed by atoms with Crippen LogP contribution in [0.3, 0.4) is 0 Å². The van der Waals surface area contributed by atoms with E-state index in [1.165, 1.54) is 6.92 Å². The van der Waals surface area contributed by atoms with E-state index in [0.29, 0.717) is 31.8 Å². The van der Waals surface area contributed by atoms with E-state index < -0.39 is 47.9 Å². The van der Waals surface area contributed by atoms with Gasteiger partial charge in [0.2, 0.25) is 5.91 Å². The second kappa shape index (κ2) is 15.8. The summed E-state index contributed by atoms with van der Waals surface area (Å²) in [6, 6.07) is 8.28. The van der Waals surface area contributed by atoms with Crippen LogP contribution in [0.25, 0.3) is 0 Å². The van der Waals surface area contributed by atoms with Crippen LogP contribution in [0.5, 0.6) is 0 Å². The third-order valence-corrected chi connectivity index (χ3v) is 5.81. The fraction of sp³-hybridized carbons (Fsp3) is 0.519. The number of nitrogens with zero attached hydrogens (tertiary/aromatic N) is 1. The molecule has 1 fully saturated rings. The Morgan fingerprint density at radius 2 is 1.71 bits per heavy atom. The summed E-state index contributed by atoms with van der Waals surface area (Å²) in [7, 11) is 0. The Bertz CT molecular complexity index is 993. The van der Waals surface area contributed by atoms with E-state index in [0.717, 1.165) is 24.0 Å². The van der Waals surface area contributed by atoms with E-state index in [2.05, 4.69) is 0 Å². The fourth-order valence-corrected chi connectivity index (χ4v) is 3.87. The minimum Gasteiger partial charge on any atom is -0.453 e. The van der Waals surface area contributed by atoms with Crippen molar-refractivity contribution in [3.05, 3.63) is 48.0 Å². The average molecular weight is 534 g/mol. The molecule has 1 saturated heterocycles. The van der Waals surface area contributed by atoms with Crippen molar-refractivity contribution in [3.63, 3.8) is 0 Å². The number of benzene rings is 1. The second-order valence-electron chi connectivity index (χ2n) is 8.74. The van der Waals surface area contributed by atoms with Crippen LogP contribution in [-0.4, -0.2) is 84.7 Å². The smallest absolute Gasteiger partial charge is 0.417 e. The molecule has 1 aliphatic heterocycles. The van der Waals surface area contributed by atoms with Crippen LogP contribution >= 0.6 is 0 Å². The van der Waals surface area contributed by atoms with E-state index in [9.17, 15) is 24.0 Å². The van der Waals surface area contributed by atoms with Crippen molar-refractivity contribution in [2.45, 2.75) is 51.9 Å². The predicted octanol–water partition coefficient (Wildman–Crippen LogP) is 2.16. The summed E-state index contributed by atoms with van der Waals surface area (Å²) in [5, 5.41) is 8.62. The molecule has 4 unspecified atom stereocenters. The number of carbonyl (C=O) groups is 5. The third-order valence-electron chi connectivity index (χ3n) is 5.81. The molecule has 4 atom stereocenters. The normalized spacial score (nSPS) is 18.7. The number of hydrogen-bond donors (Lipinski definition) is 1. The lowest BCUT2D eigenvalue weighted by Crippen LogP contribution is -2.47. The predicted molar refractivity (Wildman–Crippen MR) is 134 cm³/mol. The molecule has 2 rings (SSSR count). The maximum absolute atomic E-state index is 13.2. The molecule has 0 saturated carbocycles. The zero-order chi connectivity index (χ0) is 28.1. The lowest BCUT2D eigenvalue weighted by molar-refractivity contribution is -0.158. The van der Waals surface area contributed by atoms with Gasteiger partial charge in [-0.25, -0.2) is 9.69 Å². The van der Waals surface area contributed by atoms with Crippen molar-refractivity contribution >= 4 is 29.5 Å². The first-order valence-corrected chi connectivity index (χ1v) is 12.4. The minimum absolute atomic E-state index is 0.0660. The summed E-state index contributed by atoms with van der Waals surface area (Å²) in [4.78, 5) is 63.4. The Morgan fingerprint density at radius 3 is 2.34 bits per heavy atom. The molecule has 0 spiro atoms. The van der Waals surface area contributed by atoms with Gasteiger partial charge in [0.15, 0.2) is 17.7 Å². The molecule has 1 aromatic carbocycles.